The molecular formula is C35H26F8O8. The Kier molecular flexibility index (Phi) is 10.6. The van der Waals surface area contributed by atoms with Crippen molar-refractivity contribution in [1.29, 1.82) is 0 Å². The number of hydrogen-bond donors (Lipinski definition) is 1. The topological polar surface area (TPSA) is 101 Å². The van der Waals surface area contributed by atoms with Crippen LogP contribution in [0, 0.1) is 11.6 Å². The Hall–Kier alpha value is -5.54. The summed E-state index contributed by atoms with van der Waals surface area (Å²) < 4.78 is 125. The summed E-state index contributed by atoms with van der Waals surface area (Å²) in [6, 6.07) is 14.7. The third kappa shape index (κ3) is 9.80. The molecule has 51 heavy (non-hydrogen) atoms. The minimum atomic E-state index is -4.82. The Labute approximate surface area is 284 Å². The van der Waals surface area contributed by atoms with Crippen molar-refractivity contribution in [3.63, 3.8) is 0 Å². The number of aromatic carboxylic acids is 1. The molecule has 1 N–H and O–H groups in total. The average molecular weight is 727 g/mol. The van der Waals surface area contributed by atoms with E-state index in [0.29, 0.717) is 11.1 Å². The lowest BCUT2D eigenvalue weighted by Crippen LogP contribution is -2.16. The van der Waals surface area contributed by atoms with Crippen molar-refractivity contribution < 1.29 is 73.5 Å². The van der Waals surface area contributed by atoms with Gasteiger partial charge in [0.25, 0.3) is 0 Å². The molecule has 0 spiro atoms. The molecular weight excluding hydrogens is 700 g/mol. The maximum absolute atomic E-state index is 14.7. The molecule has 16 heteroatoms. The van der Waals surface area contributed by atoms with Gasteiger partial charge in [0, 0.05) is 0 Å². The maximum Gasteiger partial charge on any atom is 0.573 e. The summed E-state index contributed by atoms with van der Waals surface area (Å²) in [6.07, 6.45) is -6.33. The summed E-state index contributed by atoms with van der Waals surface area (Å²) in [7, 11) is 1.12. The van der Waals surface area contributed by atoms with E-state index in [0.717, 1.165) is 57.1 Å². The highest BCUT2D eigenvalue weighted by Gasteiger charge is 2.34. The molecule has 4 aromatic carbocycles. The van der Waals surface area contributed by atoms with Gasteiger partial charge >= 0.3 is 24.7 Å². The zero-order chi connectivity index (χ0) is 37.1. The number of ether oxygens (including phenoxy) is 5. The highest BCUT2D eigenvalue weighted by Crippen LogP contribution is 2.45. The van der Waals surface area contributed by atoms with E-state index in [1.165, 1.54) is 48.5 Å². The van der Waals surface area contributed by atoms with Crippen LogP contribution < -0.4 is 18.9 Å². The molecule has 270 valence electrons. The minimum Gasteiger partial charge on any atom is -0.477 e. The first-order valence-corrected chi connectivity index (χ1v) is 15.1. The van der Waals surface area contributed by atoms with Crippen molar-refractivity contribution in [3.05, 3.63) is 107 Å². The summed E-state index contributed by atoms with van der Waals surface area (Å²) in [5.41, 5.74) is -0.183. The van der Waals surface area contributed by atoms with Crippen LogP contribution in [0.2, 0.25) is 0 Å². The van der Waals surface area contributed by atoms with Gasteiger partial charge in [-0.1, -0.05) is 12.1 Å². The van der Waals surface area contributed by atoms with E-state index >= 15 is 0 Å². The van der Waals surface area contributed by atoms with Gasteiger partial charge in [-0.15, -0.1) is 26.3 Å². The van der Waals surface area contributed by atoms with Crippen LogP contribution in [0.5, 0.6) is 34.5 Å². The number of methoxy groups -OCH3 is 1. The van der Waals surface area contributed by atoms with E-state index in [4.69, 9.17) is 9.47 Å². The van der Waals surface area contributed by atoms with E-state index in [9.17, 15) is 49.8 Å². The summed E-state index contributed by atoms with van der Waals surface area (Å²) in [5, 5.41) is 9.26. The van der Waals surface area contributed by atoms with Gasteiger partial charge in [-0.25, -0.2) is 18.4 Å². The number of carboxylic acid groups (broad SMARTS) is 1. The zero-order valence-electron chi connectivity index (χ0n) is 26.2. The van der Waals surface area contributed by atoms with E-state index in [2.05, 4.69) is 14.2 Å². The molecule has 0 heterocycles. The Balaban J connectivity index is 0.000000198. The number of alkyl halides is 6. The van der Waals surface area contributed by atoms with Crippen LogP contribution in [0.1, 0.15) is 69.4 Å². The number of benzene rings is 4. The lowest BCUT2D eigenvalue weighted by atomic mass is 10.0. The second-order valence-corrected chi connectivity index (χ2v) is 11.3. The second-order valence-electron chi connectivity index (χ2n) is 11.3. The fourth-order valence-corrected chi connectivity index (χ4v) is 4.90. The van der Waals surface area contributed by atoms with E-state index in [1.54, 1.807) is 0 Å². The molecule has 2 aliphatic rings. The van der Waals surface area contributed by atoms with E-state index in [1.807, 2.05) is 0 Å². The SMILES string of the molecule is COC(=O)c1c(Oc2ccc(OC(F)(F)F)cc2)ccc(C2CC2)c1F.O=C(O)c1c(Oc2ccc(OC(F)(F)F)cc2)ccc(C2CC2)c1F. The first-order valence-electron chi connectivity index (χ1n) is 15.1. The van der Waals surface area contributed by atoms with Gasteiger partial charge in [-0.2, -0.15) is 0 Å². The number of rotatable bonds is 10. The van der Waals surface area contributed by atoms with Crippen molar-refractivity contribution in [2.75, 3.05) is 7.11 Å². The van der Waals surface area contributed by atoms with Crippen molar-refractivity contribution in [1.82, 2.24) is 0 Å². The van der Waals surface area contributed by atoms with Crippen LogP contribution in [-0.4, -0.2) is 36.9 Å². The highest BCUT2D eigenvalue weighted by atomic mass is 19.4. The lowest BCUT2D eigenvalue weighted by molar-refractivity contribution is -0.275. The first kappa shape index (κ1) is 36.7. The number of hydrogen-bond acceptors (Lipinski definition) is 7. The minimum absolute atomic E-state index is 0.0194. The van der Waals surface area contributed by atoms with Crippen LogP contribution in [0.15, 0.2) is 72.8 Å². The summed E-state index contributed by atoms with van der Waals surface area (Å²) in [5.74, 6) is -4.83. The van der Waals surface area contributed by atoms with Crippen molar-refractivity contribution in [3.8, 4) is 34.5 Å². The van der Waals surface area contributed by atoms with Crippen LogP contribution in [0.4, 0.5) is 35.1 Å². The Bertz CT molecular complexity index is 1880. The van der Waals surface area contributed by atoms with Crippen molar-refractivity contribution >= 4 is 11.9 Å². The van der Waals surface area contributed by atoms with E-state index < -0.39 is 53.4 Å². The Morgan fingerprint density at radius 3 is 1.27 bits per heavy atom. The highest BCUT2D eigenvalue weighted by molar-refractivity contribution is 5.93. The molecule has 0 aliphatic heterocycles. The lowest BCUT2D eigenvalue weighted by Gasteiger charge is -2.14. The standard InChI is InChI=1S/C18H14F4O4.C17H12F4O4/c1-24-17(23)15-14(9-8-13(16(15)19)10-2-3-10)25-11-4-6-12(7-5-11)26-18(20,21)22;18-15-12(9-1-2-9)7-8-13(14(15)16(22)23)24-10-3-5-11(6-4-10)25-17(19,20)21/h4-10H,2-3H2,1H3;3-9H,1-2H2,(H,22,23). The fraction of sp³-hybridized carbons (Fsp3) is 0.257. The quantitative estimate of drug-likeness (QED) is 0.127. The predicted octanol–water partition coefficient (Wildman–Crippen LogP) is 10.3. The third-order valence-electron chi connectivity index (χ3n) is 7.48. The summed E-state index contributed by atoms with van der Waals surface area (Å²) in [6.45, 7) is 0. The number of halogens is 8. The first-order chi connectivity index (χ1) is 24.0. The molecule has 6 rings (SSSR count). The molecule has 0 saturated heterocycles. The molecule has 2 fully saturated rings. The zero-order valence-corrected chi connectivity index (χ0v) is 26.2. The third-order valence-corrected chi connectivity index (χ3v) is 7.48. The molecule has 2 saturated carbocycles. The predicted molar refractivity (Wildman–Crippen MR) is 161 cm³/mol. The molecule has 0 bridgehead atoms. The van der Waals surface area contributed by atoms with E-state index in [-0.39, 0.29) is 40.4 Å². The van der Waals surface area contributed by atoms with Crippen LogP contribution in [0.3, 0.4) is 0 Å². The molecule has 2 aliphatic carbocycles. The van der Waals surface area contributed by atoms with Crippen LogP contribution in [0.25, 0.3) is 0 Å². The number of carbonyl (C=O) groups is 2. The molecule has 0 unspecified atom stereocenters. The second kappa shape index (κ2) is 14.7. The van der Waals surface area contributed by atoms with Gasteiger partial charge in [0.05, 0.1) is 7.11 Å². The van der Waals surface area contributed by atoms with Crippen LogP contribution in [-0.2, 0) is 4.74 Å². The Morgan fingerprint density at radius 1 is 0.588 bits per heavy atom. The van der Waals surface area contributed by atoms with Gasteiger partial charge in [0.15, 0.2) is 0 Å². The Morgan fingerprint density at radius 2 is 0.941 bits per heavy atom. The van der Waals surface area contributed by atoms with Gasteiger partial charge in [0.1, 0.15) is 57.3 Å². The van der Waals surface area contributed by atoms with Crippen LogP contribution >= 0.6 is 0 Å². The fourth-order valence-electron chi connectivity index (χ4n) is 4.90. The van der Waals surface area contributed by atoms with Gasteiger partial charge < -0.3 is 28.8 Å². The molecule has 0 amide bonds. The van der Waals surface area contributed by atoms with Gasteiger partial charge in [-0.05, 0) is 109 Å². The molecule has 8 nitrogen and oxygen atoms in total. The normalized spacial score (nSPS) is 14.1. The summed E-state index contributed by atoms with van der Waals surface area (Å²) in [4.78, 5) is 23.3. The summed E-state index contributed by atoms with van der Waals surface area (Å²) >= 11 is 0. The molecule has 0 aromatic heterocycles. The van der Waals surface area contributed by atoms with Crippen molar-refractivity contribution in [2.24, 2.45) is 0 Å². The maximum atomic E-state index is 14.7. The van der Waals surface area contributed by atoms with Crippen molar-refractivity contribution in [2.45, 2.75) is 50.2 Å². The smallest absolute Gasteiger partial charge is 0.477 e. The number of carbonyl (C=O) groups excluding carboxylic acids is 1. The van der Waals surface area contributed by atoms with Gasteiger partial charge in [-0.3, -0.25) is 0 Å². The number of esters is 1. The average Bonchev–Trinajstić information content (AvgIpc) is 3.97. The molecule has 0 atom stereocenters. The molecule has 4 aromatic rings. The monoisotopic (exact) mass is 726 g/mol. The largest absolute Gasteiger partial charge is 0.573 e. The molecule has 0 radical (unpaired) electrons. The van der Waals surface area contributed by atoms with Gasteiger partial charge in [0.2, 0.25) is 0 Å². The number of carboxylic acids is 1.